The monoisotopic (exact) mass is 320 g/mol. The van der Waals surface area contributed by atoms with Crippen molar-refractivity contribution in [1.82, 2.24) is 20.4 Å². The van der Waals surface area contributed by atoms with Gasteiger partial charge in [-0.05, 0) is 38.0 Å². The molecule has 0 aliphatic heterocycles. The third-order valence-corrected chi connectivity index (χ3v) is 3.82. The normalized spacial score (nSPS) is 12.0. The lowest BCUT2D eigenvalue weighted by molar-refractivity contribution is 0.237. The zero-order valence-electron chi connectivity index (χ0n) is 13.1. The summed E-state index contributed by atoms with van der Waals surface area (Å²) in [5.41, 5.74) is 3.16. The van der Waals surface area contributed by atoms with Crippen LogP contribution in [0.3, 0.4) is 0 Å². The van der Waals surface area contributed by atoms with Crippen LogP contribution in [-0.2, 0) is 20.0 Å². The third-order valence-electron chi connectivity index (χ3n) is 3.58. The lowest BCUT2D eigenvalue weighted by atomic mass is 10.1. The first kappa shape index (κ1) is 16.4. The van der Waals surface area contributed by atoms with Crippen molar-refractivity contribution in [2.24, 2.45) is 7.05 Å². The maximum absolute atomic E-state index is 11.9. The van der Waals surface area contributed by atoms with Crippen molar-refractivity contribution in [3.8, 4) is 0 Å². The Kier molecular flexibility index (Phi) is 5.44. The fraction of sp³-hybridized carbons (Fsp3) is 0.375. The molecule has 5 nitrogen and oxygen atoms in total. The Morgan fingerprint density at radius 2 is 2.23 bits per heavy atom. The Bertz CT molecular complexity index is 653. The average molecular weight is 321 g/mol. The van der Waals surface area contributed by atoms with Crippen LogP contribution in [0.25, 0.3) is 0 Å². The summed E-state index contributed by atoms with van der Waals surface area (Å²) in [6, 6.07) is 7.51. The van der Waals surface area contributed by atoms with Gasteiger partial charge in [0.05, 0.1) is 6.20 Å². The van der Waals surface area contributed by atoms with Crippen molar-refractivity contribution in [2.45, 2.75) is 32.9 Å². The quantitative estimate of drug-likeness (QED) is 0.890. The predicted octanol–water partition coefficient (Wildman–Crippen LogP) is 2.81. The van der Waals surface area contributed by atoms with Crippen LogP contribution >= 0.6 is 11.6 Å². The van der Waals surface area contributed by atoms with Crippen molar-refractivity contribution in [3.05, 3.63) is 52.3 Å². The Morgan fingerprint density at radius 1 is 1.45 bits per heavy atom. The fourth-order valence-corrected chi connectivity index (χ4v) is 2.45. The van der Waals surface area contributed by atoms with Crippen molar-refractivity contribution in [3.63, 3.8) is 0 Å². The van der Waals surface area contributed by atoms with Gasteiger partial charge in [-0.2, -0.15) is 5.10 Å². The second-order valence-corrected chi connectivity index (χ2v) is 5.88. The standard InChI is InChI=1S/C16H21ClN4O/c1-11(7-13-5-4-6-15(17)8-13)20-16(22)18-9-14-10-19-21(3)12(14)2/h4-6,8,10-11H,7,9H2,1-3H3,(H2,18,20,22)/t11-/m1/s1. The molecule has 1 aromatic carbocycles. The molecule has 22 heavy (non-hydrogen) atoms. The minimum absolute atomic E-state index is 0.0217. The number of nitrogens with one attached hydrogen (secondary N) is 2. The number of carbonyl (C=O) groups is 1. The van der Waals surface area contributed by atoms with Crippen LogP contribution in [0.2, 0.25) is 5.02 Å². The molecule has 0 bridgehead atoms. The van der Waals surface area contributed by atoms with Gasteiger partial charge in [0.1, 0.15) is 0 Å². The van der Waals surface area contributed by atoms with E-state index in [0.29, 0.717) is 11.6 Å². The molecular weight excluding hydrogens is 300 g/mol. The first-order valence-electron chi connectivity index (χ1n) is 7.22. The van der Waals surface area contributed by atoms with E-state index in [2.05, 4.69) is 15.7 Å². The SMILES string of the molecule is Cc1c(CNC(=O)N[C@H](C)Cc2cccc(Cl)c2)cnn1C. The molecule has 0 aliphatic carbocycles. The van der Waals surface area contributed by atoms with Gasteiger partial charge in [-0.15, -0.1) is 0 Å². The molecule has 1 atom stereocenters. The number of hydrogen-bond acceptors (Lipinski definition) is 2. The van der Waals surface area contributed by atoms with E-state index in [1.54, 1.807) is 10.9 Å². The van der Waals surface area contributed by atoms with E-state index in [9.17, 15) is 4.79 Å². The van der Waals surface area contributed by atoms with Crippen molar-refractivity contribution < 1.29 is 4.79 Å². The minimum Gasteiger partial charge on any atom is -0.335 e. The summed E-state index contributed by atoms with van der Waals surface area (Å²) in [4.78, 5) is 11.9. The van der Waals surface area contributed by atoms with Gasteiger partial charge >= 0.3 is 6.03 Å². The third kappa shape index (κ3) is 4.49. The van der Waals surface area contributed by atoms with Crippen LogP contribution in [0.1, 0.15) is 23.7 Å². The summed E-state index contributed by atoms with van der Waals surface area (Å²) in [6.07, 6.45) is 2.50. The van der Waals surface area contributed by atoms with Gasteiger partial charge in [-0.1, -0.05) is 23.7 Å². The smallest absolute Gasteiger partial charge is 0.315 e. The summed E-state index contributed by atoms with van der Waals surface area (Å²) < 4.78 is 1.79. The molecule has 0 aliphatic rings. The van der Waals surface area contributed by atoms with E-state index in [1.165, 1.54) is 0 Å². The van der Waals surface area contributed by atoms with Gasteiger partial charge in [0.15, 0.2) is 0 Å². The first-order chi connectivity index (χ1) is 10.5. The number of rotatable bonds is 5. The van der Waals surface area contributed by atoms with Crippen molar-refractivity contribution in [2.75, 3.05) is 0 Å². The van der Waals surface area contributed by atoms with E-state index >= 15 is 0 Å². The van der Waals surface area contributed by atoms with Gasteiger partial charge in [-0.3, -0.25) is 4.68 Å². The van der Waals surface area contributed by atoms with Gasteiger partial charge in [0, 0.05) is 35.9 Å². The maximum atomic E-state index is 11.9. The molecule has 0 radical (unpaired) electrons. The van der Waals surface area contributed by atoms with E-state index in [4.69, 9.17) is 11.6 Å². The molecule has 2 aromatic rings. The van der Waals surface area contributed by atoms with Crippen LogP contribution < -0.4 is 10.6 Å². The summed E-state index contributed by atoms with van der Waals surface area (Å²) in [5.74, 6) is 0. The predicted molar refractivity (Wildman–Crippen MR) is 87.9 cm³/mol. The summed E-state index contributed by atoms with van der Waals surface area (Å²) >= 11 is 5.96. The number of hydrogen-bond donors (Lipinski definition) is 2. The van der Waals surface area contributed by atoms with Crippen LogP contribution in [0.4, 0.5) is 4.79 Å². The highest BCUT2D eigenvalue weighted by Gasteiger charge is 2.09. The molecule has 2 N–H and O–H groups in total. The number of carbonyl (C=O) groups excluding carboxylic acids is 1. The number of benzene rings is 1. The zero-order chi connectivity index (χ0) is 16.1. The molecule has 0 unspecified atom stereocenters. The number of aryl methyl sites for hydroxylation is 1. The van der Waals surface area contributed by atoms with Gasteiger partial charge < -0.3 is 10.6 Å². The minimum atomic E-state index is -0.183. The number of nitrogens with zero attached hydrogens (tertiary/aromatic N) is 2. The Balaban J connectivity index is 1.80. The molecule has 0 spiro atoms. The molecule has 1 aromatic heterocycles. The number of aromatic nitrogens is 2. The fourth-order valence-electron chi connectivity index (χ4n) is 2.24. The van der Waals surface area contributed by atoms with E-state index in [0.717, 1.165) is 23.2 Å². The summed E-state index contributed by atoms with van der Waals surface area (Å²) in [7, 11) is 1.88. The van der Waals surface area contributed by atoms with Gasteiger partial charge in [0.2, 0.25) is 0 Å². The molecule has 0 saturated carbocycles. The van der Waals surface area contributed by atoms with E-state index in [1.807, 2.05) is 45.2 Å². The molecule has 6 heteroatoms. The summed E-state index contributed by atoms with van der Waals surface area (Å²) in [5, 5.41) is 10.6. The highest BCUT2D eigenvalue weighted by atomic mass is 35.5. The second-order valence-electron chi connectivity index (χ2n) is 5.44. The molecule has 2 amide bonds. The van der Waals surface area contributed by atoms with Crippen molar-refractivity contribution >= 4 is 17.6 Å². The largest absolute Gasteiger partial charge is 0.335 e. The van der Waals surface area contributed by atoms with Crippen LogP contribution in [0, 0.1) is 6.92 Å². The second kappa shape index (κ2) is 7.31. The molecule has 0 fully saturated rings. The highest BCUT2D eigenvalue weighted by Crippen LogP contribution is 2.12. The Hall–Kier alpha value is -2.01. The molecule has 1 heterocycles. The number of halogens is 1. The number of amides is 2. The zero-order valence-corrected chi connectivity index (χ0v) is 13.8. The van der Waals surface area contributed by atoms with Crippen molar-refractivity contribution in [1.29, 1.82) is 0 Å². The van der Waals surface area contributed by atoms with E-state index < -0.39 is 0 Å². The van der Waals surface area contributed by atoms with Gasteiger partial charge in [-0.25, -0.2) is 4.79 Å². The van der Waals surface area contributed by atoms with E-state index in [-0.39, 0.29) is 12.1 Å². The maximum Gasteiger partial charge on any atom is 0.315 e. The average Bonchev–Trinajstić information content (AvgIpc) is 2.76. The van der Waals surface area contributed by atoms with Crippen LogP contribution in [-0.4, -0.2) is 21.9 Å². The Morgan fingerprint density at radius 3 is 2.86 bits per heavy atom. The first-order valence-corrected chi connectivity index (χ1v) is 7.60. The number of urea groups is 1. The summed E-state index contributed by atoms with van der Waals surface area (Å²) in [6.45, 7) is 4.41. The molecule has 2 rings (SSSR count). The Labute approximate surface area is 135 Å². The highest BCUT2D eigenvalue weighted by molar-refractivity contribution is 6.30. The molecule has 118 valence electrons. The lowest BCUT2D eigenvalue weighted by Crippen LogP contribution is -2.41. The molecular formula is C16H21ClN4O. The van der Waals surface area contributed by atoms with Crippen LogP contribution in [0.15, 0.2) is 30.5 Å². The lowest BCUT2D eigenvalue weighted by Gasteiger charge is -2.15. The van der Waals surface area contributed by atoms with Crippen LogP contribution in [0.5, 0.6) is 0 Å². The van der Waals surface area contributed by atoms with Gasteiger partial charge in [0.25, 0.3) is 0 Å². The molecule has 0 saturated heterocycles. The topological polar surface area (TPSA) is 59.0 Å².